The molecular weight excluding hydrogens is 270 g/mol. The van der Waals surface area contributed by atoms with E-state index in [4.69, 9.17) is 4.74 Å². The van der Waals surface area contributed by atoms with Crippen LogP contribution in [0, 0.1) is 17.8 Å². The molecule has 2 fully saturated rings. The number of amides is 1. The predicted octanol–water partition coefficient (Wildman–Crippen LogP) is 2.15. The van der Waals surface area contributed by atoms with Crippen molar-refractivity contribution in [3.8, 4) is 0 Å². The van der Waals surface area contributed by atoms with Crippen molar-refractivity contribution >= 4 is 11.9 Å². The van der Waals surface area contributed by atoms with Gasteiger partial charge in [0.1, 0.15) is 0 Å². The number of carboxylic acid groups (broad SMARTS) is 1. The molecule has 0 bridgehead atoms. The highest BCUT2D eigenvalue weighted by molar-refractivity contribution is 5.76. The van der Waals surface area contributed by atoms with Crippen molar-refractivity contribution in [3.63, 3.8) is 0 Å². The van der Waals surface area contributed by atoms with Crippen molar-refractivity contribution in [2.75, 3.05) is 19.7 Å². The van der Waals surface area contributed by atoms with Crippen LogP contribution in [0.3, 0.4) is 0 Å². The molecule has 2 atom stereocenters. The van der Waals surface area contributed by atoms with Crippen LogP contribution in [0.25, 0.3) is 0 Å². The zero-order valence-electron chi connectivity index (χ0n) is 13.1. The standard InChI is InChI=1S/C16H27NO4/c1-11(2)3-4-14(18)17-8-5-12(6-9-17)15-13(16(19)20)7-10-21-15/h11-13,15H,3-10H2,1-2H3,(H,19,20)/t13?,15-/m0/s1. The highest BCUT2D eigenvalue weighted by Gasteiger charge is 2.40. The number of likely N-dealkylation sites (tertiary alicyclic amines) is 1. The summed E-state index contributed by atoms with van der Waals surface area (Å²) >= 11 is 0. The molecule has 120 valence electrons. The molecule has 2 aliphatic rings. The van der Waals surface area contributed by atoms with E-state index < -0.39 is 5.97 Å². The summed E-state index contributed by atoms with van der Waals surface area (Å²) in [5.74, 6) is -0.0344. The lowest BCUT2D eigenvalue weighted by Crippen LogP contribution is -2.43. The molecule has 1 N–H and O–H groups in total. The molecule has 2 aliphatic heterocycles. The first kappa shape index (κ1) is 16.3. The van der Waals surface area contributed by atoms with Crippen molar-refractivity contribution in [1.82, 2.24) is 4.90 Å². The third-order valence-corrected chi connectivity index (χ3v) is 4.75. The maximum Gasteiger partial charge on any atom is 0.309 e. The number of aliphatic carboxylic acids is 1. The Morgan fingerprint density at radius 1 is 1.24 bits per heavy atom. The highest BCUT2D eigenvalue weighted by Crippen LogP contribution is 2.33. The van der Waals surface area contributed by atoms with Crippen molar-refractivity contribution in [2.24, 2.45) is 17.8 Å². The normalized spacial score (nSPS) is 27.3. The zero-order valence-corrected chi connectivity index (χ0v) is 13.1. The van der Waals surface area contributed by atoms with Crippen LogP contribution in [0.15, 0.2) is 0 Å². The van der Waals surface area contributed by atoms with E-state index in [1.807, 2.05) is 4.90 Å². The van der Waals surface area contributed by atoms with Gasteiger partial charge in [-0.2, -0.15) is 0 Å². The number of nitrogens with zero attached hydrogens (tertiary/aromatic N) is 1. The third kappa shape index (κ3) is 4.19. The third-order valence-electron chi connectivity index (χ3n) is 4.75. The predicted molar refractivity (Wildman–Crippen MR) is 78.9 cm³/mol. The minimum absolute atomic E-state index is 0.157. The Morgan fingerprint density at radius 3 is 2.48 bits per heavy atom. The lowest BCUT2D eigenvalue weighted by Gasteiger charge is -2.35. The number of rotatable bonds is 5. The van der Waals surface area contributed by atoms with Gasteiger partial charge in [-0.3, -0.25) is 9.59 Å². The van der Waals surface area contributed by atoms with Gasteiger partial charge < -0.3 is 14.7 Å². The van der Waals surface area contributed by atoms with Gasteiger partial charge in [0, 0.05) is 26.1 Å². The van der Waals surface area contributed by atoms with E-state index in [-0.39, 0.29) is 23.8 Å². The molecule has 0 radical (unpaired) electrons. The minimum atomic E-state index is -0.743. The van der Waals surface area contributed by atoms with E-state index in [1.54, 1.807) is 0 Å². The maximum atomic E-state index is 12.1. The summed E-state index contributed by atoms with van der Waals surface area (Å²) in [7, 11) is 0. The van der Waals surface area contributed by atoms with E-state index in [2.05, 4.69) is 13.8 Å². The van der Waals surface area contributed by atoms with E-state index in [0.717, 1.165) is 32.4 Å². The molecular formula is C16H27NO4. The summed E-state index contributed by atoms with van der Waals surface area (Å²) in [6.45, 7) is 6.29. The fourth-order valence-corrected chi connectivity index (χ4v) is 3.39. The number of ether oxygens (including phenoxy) is 1. The van der Waals surface area contributed by atoms with Crippen molar-refractivity contribution in [2.45, 2.75) is 52.1 Å². The number of hydrogen-bond acceptors (Lipinski definition) is 3. The first-order valence-corrected chi connectivity index (χ1v) is 8.11. The van der Waals surface area contributed by atoms with Crippen LogP contribution < -0.4 is 0 Å². The first-order valence-electron chi connectivity index (χ1n) is 8.11. The second-order valence-corrected chi connectivity index (χ2v) is 6.72. The van der Waals surface area contributed by atoms with Gasteiger partial charge in [-0.25, -0.2) is 0 Å². The molecule has 2 saturated heterocycles. The number of carbonyl (C=O) groups is 2. The topological polar surface area (TPSA) is 66.8 Å². The summed E-state index contributed by atoms with van der Waals surface area (Å²) in [6.07, 6.45) is 3.75. The summed E-state index contributed by atoms with van der Waals surface area (Å²) < 4.78 is 5.66. The van der Waals surface area contributed by atoms with Gasteiger partial charge in [0.05, 0.1) is 12.0 Å². The molecule has 5 heteroatoms. The van der Waals surface area contributed by atoms with E-state index in [0.29, 0.717) is 25.4 Å². The average molecular weight is 297 g/mol. The Bertz CT molecular complexity index is 374. The van der Waals surface area contributed by atoms with Gasteiger partial charge in [-0.05, 0) is 37.5 Å². The summed E-state index contributed by atoms with van der Waals surface area (Å²) in [6, 6.07) is 0. The van der Waals surface area contributed by atoms with Crippen LogP contribution in [-0.4, -0.2) is 47.7 Å². The lowest BCUT2D eigenvalue weighted by molar-refractivity contribution is -0.146. The molecule has 0 aromatic carbocycles. The maximum absolute atomic E-state index is 12.1. The van der Waals surface area contributed by atoms with Gasteiger partial charge >= 0.3 is 5.97 Å². The molecule has 1 amide bonds. The van der Waals surface area contributed by atoms with E-state index in [9.17, 15) is 14.7 Å². The Kier molecular flexibility index (Phi) is 5.62. The molecule has 0 spiro atoms. The first-order chi connectivity index (χ1) is 9.99. The highest BCUT2D eigenvalue weighted by atomic mass is 16.5. The number of carboxylic acids is 1. The molecule has 0 saturated carbocycles. The molecule has 0 aromatic heterocycles. The molecule has 2 heterocycles. The SMILES string of the molecule is CC(C)CCC(=O)N1CCC([C@@H]2OCCC2C(=O)O)CC1. The molecule has 0 aromatic rings. The van der Waals surface area contributed by atoms with Gasteiger partial charge in [-0.1, -0.05) is 13.8 Å². The second kappa shape index (κ2) is 7.25. The zero-order chi connectivity index (χ0) is 15.4. The van der Waals surface area contributed by atoms with Crippen LogP contribution in [0.1, 0.15) is 46.0 Å². The van der Waals surface area contributed by atoms with Crippen LogP contribution in [0.5, 0.6) is 0 Å². The van der Waals surface area contributed by atoms with Crippen LogP contribution in [0.2, 0.25) is 0 Å². The fraction of sp³-hybridized carbons (Fsp3) is 0.875. The van der Waals surface area contributed by atoms with Crippen LogP contribution >= 0.6 is 0 Å². The van der Waals surface area contributed by atoms with Gasteiger partial charge in [-0.15, -0.1) is 0 Å². The Hall–Kier alpha value is -1.10. The minimum Gasteiger partial charge on any atom is -0.481 e. The van der Waals surface area contributed by atoms with Crippen LogP contribution in [-0.2, 0) is 14.3 Å². The summed E-state index contributed by atoms with van der Waals surface area (Å²) in [5, 5.41) is 9.23. The molecule has 0 aliphatic carbocycles. The molecule has 5 nitrogen and oxygen atoms in total. The lowest BCUT2D eigenvalue weighted by atomic mass is 9.84. The Morgan fingerprint density at radius 2 is 1.90 bits per heavy atom. The van der Waals surface area contributed by atoms with Gasteiger partial charge in [0.25, 0.3) is 0 Å². The van der Waals surface area contributed by atoms with Gasteiger partial charge in [0.2, 0.25) is 5.91 Å². The van der Waals surface area contributed by atoms with E-state index in [1.165, 1.54) is 0 Å². The summed E-state index contributed by atoms with van der Waals surface area (Å²) in [4.78, 5) is 25.3. The number of hydrogen-bond donors (Lipinski definition) is 1. The molecule has 2 rings (SSSR count). The quantitative estimate of drug-likeness (QED) is 0.844. The number of carbonyl (C=O) groups excluding carboxylic acids is 1. The van der Waals surface area contributed by atoms with E-state index >= 15 is 0 Å². The second-order valence-electron chi connectivity index (χ2n) is 6.72. The van der Waals surface area contributed by atoms with Crippen molar-refractivity contribution in [3.05, 3.63) is 0 Å². The fourth-order valence-electron chi connectivity index (χ4n) is 3.39. The monoisotopic (exact) mass is 297 g/mol. The summed E-state index contributed by atoms with van der Waals surface area (Å²) in [5.41, 5.74) is 0. The van der Waals surface area contributed by atoms with Crippen LogP contribution in [0.4, 0.5) is 0 Å². The molecule has 1 unspecified atom stereocenters. The van der Waals surface area contributed by atoms with Crippen molar-refractivity contribution in [1.29, 1.82) is 0 Å². The van der Waals surface area contributed by atoms with Crippen molar-refractivity contribution < 1.29 is 19.4 Å². The largest absolute Gasteiger partial charge is 0.481 e. The number of piperidine rings is 1. The Labute approximate surface area is 126 Å². The Balaban J connectivity index is 1.80. The average Bonchev–Trinajstić information content (AvgIpc) is 2.94. The molecule has 21 heavy (non-hydrogen) atoms. The van der Waals surface area contributed by atoms with Gasteiger partial charge in [0.15, 0.2) is 0 Å². The smallest absolute Gasteiger partial charge is 0.309 e.